The Morgan fingerprint density at radius 3 is 2.88 bits per heavy atom. The molecule has 0 spiro atoms. The molecule has 0 aromatic carbocycles. The molecular formula is C22H18F2N10. The van der Waals surface area contributed by atoms with Crippen LogP contribution >= 0.6 is 0 Å². The summed E-state index contributed by atoms with van der Waals surface area (Å²) in [5.74, 6) is 0.315. The molecule has 0 bridgehead atoms. The highest BCUT2D eigenvalue weighted by Crippen LogP contribution is 2.34. The van der Waals surface area contributed by atoms with Crippen LogP contribution in [0.15, 0.2) is 37.2 Å². The standard InChI is InChI=1S/C22H18F2N10/c23-20(24)17-9-28-22(16(7-26)32-17)33-6-3-13(10-33)18(1-4-25)34-11-14(8-31-34)19-15-2-5-27-21(15)30-12-29-19/h2,5,8-9,11-13,18,20H,1,3,6,10H2,(H,27,29,30)/t13-,18-/m0/s1. The largest absolute Gasteiger partial charge is 0.354 e. The molecule has 0 aliphatic carbocycles. The Bertz CT molecular complexity index is 1410. The summed E-state index contributed by atoms with van der Waals surface area (Å²) in [4.78, 5) is 21.4. The highest BCUT2D eigenvalue weighted by molar-refractivity contribution is 5.89. The summed E-state index contributed by atoms with van der Waals surface area (Å²) in [5, 5.41) is 24.3. The second kappa shape index (κ2) is 8.83. The zero-order valence-electron chi connectivity index (χ0n) is 17.8. The number of fused-ring (bicyclic) bond motifs is 1. The minimum absolute atomic E-state index is 0.0354. The Kier molecular flexibility index (Phi) is 5.55. The Morgan fingerprint density at radius 1 is 1.21 bits per heavy atom. The minimum Gasteiger partial charge on any atom is -0.354 e. The van der Waals surface area contributed by atoms with E-state index in [1.54, 1.807) is 17.1 Å². The zero-order chi connectivity index (χ0) is 23.7. The Labute approximate surface area is 192 Å². The third kappa shape index (κ3) is 3.79. The van der Waals surface area contributed by atoms with Gasteiger partial charge in [-0.15, -0.1) is 0 Å². The smallest absolute Gasteiger partial charge is 0.281 e. The van der Waals surface area contributed by atoms with E-state index >= 15 is 0 Å². The van der Waals surface area contributed by atoms with Crippen molar-refractivity contribution < 1.29 is 8.78 Å². The molecule has 0 unspecified atom stereocenters. The van der Waals surface area contributed by atoms with Crippen molar-refractivity contribution >= 4 is 16.9 Å². The molecular weight excluding hydrogens is 442 g/mol. The molecule has 5 heterocycles. The number of halogens is 2. The normalized spacial score (nSPS) is 16.6. The van der Waals surface area contributed by atoms with Crippen LogP contribution in [0.25, 0.3) is 22.3 Å². The molecule has 0 radical (unpaired) electrons. The molecule has 1 saturated heterocycles. The van der Waals surface area contributed by atoms with Gasteiger partial charge in [0.05, 0.1) is 36.6 Å². The fourth-order valence-corrected chi connectivity index (χ4v) is 4.42. The average Bonchev–Trinajstić information content (AvgIpc) is 3.62. The van der Waals surface area contributed by atoms with Gasteiger partial charge in [0.15, 0.2) is 11.5 Å². The zero-order valence-corrected chi connectivity index (χ0v) is 17.8. The number of aromatic nitrogens is 7. The monoisotopic (exact) mass is 460 g/mol. The van der Waals surface area contributed by atoms with Gasteiger partial charge in [-0.2, -0.15) is 15.6 Å². The Morgan fingerprint density at radius 2 is 2.09 bits per heavy atom. The summed E-state index contributed by atoms with van der Waals surface area (Å²) in [6, 6.07) is 5.79. The highest BCUT2D eigenvalue weighted by Gasteiger charge is 2.33. The van der Waals surface area contributed by atoms with Crippen molar-refractivity contribution in [3.63, 3.8) is 0 Å². The maximum Gasteiger partial charge on any atom is 0.281 e. The van der Waals surface area contributed by atoms with Crippen molar-refractivity contribution in [1.29, 1.82) is 10.5 Å². The predicted octanol–water partition coefficient (Wildman–Crippen LogP) is 3.40. The van der Waals surface area contributed by atoms with Gasteiger partial charge >= 0.3 is 0 Å². The minimum atomic E-state index is -2.80. The molecule has 0 saturated carbocycles. The van der Waals surface area contributed by atoms with Gasteiger partial charge in [-0.1, -0.05) is 0 Å². The van der Waals surface area contributed by atoms with Crippen LogP contribution in [-0.4, -0.2) is 47.8 Å². The lowest BCUT2D eigenvalue weighted by molar-refractivity contribution is 0.145. The lowest BCUT2D eigenvalue weighted by atomic mass is 9.96. The third-order valence-electron chi connectivity index (χ3n) is 6.04. The lowest BCUT2D eigenvalue weighted by Gasteiger charge is -2.23. The van der Waals surface area contributed by atoms with Crippen molar-refractivity contribution in [2.75, 3.05) is 18.0 Å². The fraction of sp³-hybridized carbons (Fsp3) is 0.318. The van der Waals surface area contributed by atoms with E-state index in [1.165, 1.54) is 6.33 Å². The first-order valence-corrected chi connectivity index (χ1v) is 10.6. The van der Waals surface area contributed by atoms with Crippen LogP contribution in [0, 0.1) is 28.6 Å². The first-order valence-electron chi connectivity index (χ1n) is 10.6. The van der Waals surface area contributed by atoms with Crippen molar-refractivity contribution in [2.45, 2.75) is 25.3 Å². The van der Waals surface area contributed by atoms with Crippen LogP contribution in [0.2, 0.25) is 0 Å². The molecule has 4 aromatic heterocycles. The molecule has 12 heteroatoms. The van der Waals surface area contributed by atoms with Gasteiger partial charge in [0.2, 0.25) is 0 Å². The second-order valence-corrected chi connectivity index (χ2v) is 7.98. The molecule has 34 heavy (non-hydrogen) atoms. The number of nitriles is 2. The van der Waals surface area contributed by atoms with Gasteiger partial charge in [-0.05, 0) is 12.5 Å². The van der Waals surface area contributed by atoms with Crippen molar-refractivity contribution in [2.24, 2.45) is 5.92 Å². The van der Waals surface area contributed by atoms with E-state index in [4.69, 9.17) is 0 Å². The number of nitrogens with one attached hydrogen (secondary N) is 1. The van der Waals surface area contributed by atoms with Crippen LogP contribution in [0.3, 0.4) is 0 Å². The van der Waals surface area contributed by atoms with Gasteiger partial charge in [-0.25, -0.2) is 28.7 Å². The number of alkyl halides is 2. The molecule has 1 fully saturated rings. The summed E-state index contributed by atoms with van der Waals surface area (Å²) in [6.07, 6.45) is 6.04. The molecule has 170 valence electrons. The van der Waals surface area contributed by atoms with E-state index in [0.717, 1.165) is 34.9 Å². The van der Waals surface area contributed by atoms with E-state index in [0.29, 0.717) is 13.1 Å². The van der Waals surface area contributed by atoms with Gasteiger partial charge in [0, 0.05) is 42.4 Å². The summed E-state index contributed by atoms with van der Waals surface area (Å²) < 4.78 is 27.7. The second-order valence-electron chi connectivity index (χ2n) is 7.98. The number of hydrogen-bond donors (Lipinski definition) is 1. The number of anilines is 1. The average molecular weight is 460 g/mol. The molecule has 10 nitrogen and oxygen atoms in total. The van der Waals surface area contributed by atoms with E-state index in [9.17, 15) is 19.3 Å². The predicted molar refractivity (Wildman–Crippen MR) is 116 cm³/mol. The van der Waals surface area contributed by atoms with E-state index < -0.39 is 12.1 Å². The molecule has 1 aliphatic rings. The molecule has 2 atom stereocenters. The lowest BCUT2D eigenvalue weighted by Crippen LogP contribution is -2.26. The number of hydrogen-bond acceptors (Lipinski definition) is 8. The Hall–Kier alpha value is -4.45. The maximum absolute atomic E-state index is 12.9. The molecule has 0 amide bonds. The first kappa shape index (κ1) is 21.4. The fourth-order valence-electron chi connectivity index (χ4n) is 4.42. The molecule has 1 aliphatic heterocycles. The van der Waals surface area contributed by atoms with Crippen molar-refractivity contribution in [3.05, 3.63) is 48.6 Å². The summed E-state index contributed by atoms with van der Waals surface area (Å²) >= 11 is 0. The maximum atomic E-state index is 12.9. The summed E-state index contributed by atoms with van der Waals surface area (Å²) in [6.45, 7) is 1.06. The quantitative estimate of drug-likeness (QED) is 0.462. The summed E-state index contributed by atoms with van der Waals surface area (Å²) in [5.41, 5.74) is 1.63. The molecule has 4 aromatic rings. The first-order chi connectivity index (χ1) is 16.6. The number of H-pyrrole nitrogens is 1. The number of aromatic amines is 1. The summed E-state index contributed by atoms with van der Waals surface area (Å²) in [7, 11) is 0. The van der Waals surface area contributed by atoms with Crippen LogP contribution in [0.1, 0.15) is 36.7 Å². The Balaban J connectivity index is 1.40. The number of rotatable bonds is 6. The van der Waals surface area contributed by atoms with Gasteiger partial charge in [0.1, 0.15) is 23.7 Å². The van der Waals surface area contributed by atoms with Gasteiger partial charge in [-0.3, -0.25) is 4.68 Å². The van der Waals surface area contributed by atoms with Crippen LogP contribution in [-0.2, 0) is 0 Å². The topological polar surface area (TPSA) is 136 Å². The van der Waals surface area contributed by atoms with E-state index in [1.807, 2.05) is 23.2 Å². The van der Waals surface area contributed by atoms with Gasteiger partial charge < -0.3 is 9.88 Å². The van der Waals surface area contributed by atoms with E-state index in [-0.39, 0.29) is 29.9 Å². The van der Waals surface area contributed by atoms with Crippen LogP contribution < -0.4 is 4.90 Å². The number of nitrogens with zero attached hydrogens (tertiary/aromatic N) is 9. The highest BCUT2D eigenvalue weighted by atomic mass is 19.3. The van der Waals surface area contributed by atoms with Gasteiger partial charge in [0.25, 0.3) is 6.43 Å². The van der Waals surface area contributed by atoms with Crippen molar-refractivity contribution in [1.82, 2.24) is 34.7 Å². The van der Waals surface area contributed by atoms with Crippen LogP contribution in [0.5, 0.6) is 0 Å². The van der Waals surface area contributed by atoms with Crippen LogP contribution in [0.4, 0.5) is 14.6 Å². The van der Waals surface area contributed by atoms with E-state index in [2.05, 4.69) is 36.1 Å². The SMILES string of the molecule is N#CC[C@@H]([C@H]1CCN(c2ncc(C(F)F)nc2C#N)C1)n1cc(-c2ncnc3[nH]ccc23)cn1. The molecule has 1 N–H and O–H groups in total. The molecule has 5 rings (SSSR count). The third-order valence-corrected chi connectivity index (χ3v) is 6.04. The van der Waals surface area contributed by atoms with Crippen molar-refractivity contribution in [3.8, 4) is 23.4 Å².